The van der Waals surface area contributed by atoms with Gasteiger partial charge in [-0.25, -0.2) is 0 Å². The lowest BCUT2D eigenvalue weighted by atomic mass is 10.1. The van der Waals surface area contributed by atoms with Crippen LogP contribution in [0, 0.1) is 0 Å². The van der Waals surface area contributed by atoms with Gasteiger partial charge in [-0.1, -0.05) is 0 Å². The molecule has 0 aromatic rings. The summed E-state index contributed by atoms with van der Waals surface area (Å²) in [6, 6.07) is 0. The van der Waals surface area contributed by atoms with Crippen LogP contribution in [-0.4, -0.2) is 61.1 Å². The Morgan fingerprint density at radius 3 is 2.00 bits per heavy atom. The molecule has 0 saturated carbocycles. The zero-order valence-corrected chi connectivity index (χ0v) is 8.82. The minimum Gasteiger partial charge on any atom is -1.00 e. The Morgan fingerprint density at radius 2 is 1.58 bits per heavy atom. The van der Waals surface area contributed by atoms with Crippen LogP contribution < -0.4 is 12.4 Å². The summed E-state index contributed by atoms with van der Waals surface area (Å²) in [6.45, 7) is 9.12. The molecule has 12 heavy (non-hydrogen) atoms. The van der Waals surface area contributed by atoms with Gasteiger partial charge in [0.1, 0.15) is 0 Å². The van der Waals surface area contributed by atoms with Crippen molar-refractivity contribution in [3.05, 3.63) is 0 Å². The maximum Gasteiger partial charge on any atom is 0.0925 e. The molecule has 0 amide bonds. The van der Waals surface area contributed by atoms with Crippen LogP contribution in [0.15, 0.2) is 0 Å². The van der Waals surface area contributed by atoms with Gasteiger partial charge in [0.05, 0.1) is 32.1 Å². The van der Waals surface area contributed by atoms with E-state index in [9.17, 15) is 0 Å². The largest absolute Gasteiger partial charge is 1.00 e. The molecule has 0 unspecified atom stereocenters. The summed E-state index contributed by atoms with van der Waals surface area (Å²) in [5.74, 6) is 0.833. The van der Waals surface area contributed by atoms with Gasteiger partial charge < -0.3 is 16.9 Å². The Labute approximate surface area is 85.5 Å². The molecule has 0 radical (unpaired) electrons. The van der Waals surface area contributed by atoms with E-state index in [1.54, 1.807) is 0 Å². The number of piperazine rings is 3. The van der Waals surface area contributed by atoms with Crippen molar-refractivity contribution >= 4 is 11.6 Å². The molecule has 4 heteroatoms. The van der Waals surface area contributed by atoms with Gasteiger partial charge in [-0.15, -0.1) is 11.6 Å². The fourth-order valence-corrected chi connectivity index (χ4v) is 2.60. The van der Waals surface area contributed by atoms with Crippen LogP contribution >= 0.6 is 11.6 Å². The molecule has 3 heterocycles. The molecule has 3 rings (SSSR count). The predicted molar refractivity (Wildman–Crippen MR) is 46.9 cm³/mol. The Bertz CT molecular complexity index is 124. The van der Waals surface area contributed by atoms with Crippen LogP contribution in [0.3, 0.4) is 0 Å². The first kappa shape index (κ1) is 10.6. The van der Waals surface area contributed by atoms with E-state index in [0.717, 1.165) is 5.88 Å². The van der Waals surface area contributed by atoms with E-state index in [4.69, 9.17) is 11.6 Å². The second-order valence-corrected chi connectivity index (χ2v) is 4.14. The molecule has 72 valence electrons. The molecule has 0 aliphatic carbocycles. The Hall–Kier alpha value is 0.500. The first-order valence-electron chi connectivity index (χ1n) is 4.48. The highest BCUT2D eigenvalue weighted by Crippen LogP contribution is 2.18. The highest BCUT2D eigenvalue weighted by molar-refractivity contribution is 6.17. The molecule has 2 bridgehead atoms. The zero-order valence-electron chi connectivity index (χ0n) is 7.31. The fourth-order valence-electron chi connectivity index (χ4n) is 2.25. The normalized spacial score (nSPS) is 39.2. The standard InChI is InChI=1S/C8H16ClN2.ClH/c9-1-5-11-6-2-10(3-7-11)4-8-11;/h1-8H2;1H/q+1;/p-1. The van der Waals surface area contributed by atoms with Crippen LogP contribution in [0.2, 0.25) is 0 Å². The number of quaternary nitrogens is 1. The average Bonchev–Trinajstić information content (AvgIpc) is 2.07. The van der Waals surface area contributed by atoms with Gasteiger partial charge in [-0.3, -0.25) is 4.90 Å². The monoisotopic (exact) mass is 210 g/mol. The van der Waals surface area contributed by atoms with Crippen molar-refractivity contribution in [1.29, 1.82) is 0 Å². The zero-order chi connectivity index (χ0) is 7.73. The van der Waals surface area contributed by atoms with Gasteiger partial charge in [-0.05, 0) is 0 Å². The molecule has 0 aromatic carbocycles. The summed E-state index contributed by atoms with van der Waals surface area (Å²) in [6.07, 6.45) is 0. The highest BCUT2D eigenvalue weighted by Gasteiger charge is 2.37. The van der Waals surface area contributed by atoms with Crippen LogP contribution in [0.5, 0.6) is 0 Å². The number of fused-ring (bicyclic) bond motifs is 3. The van der Waals surface area contributed by atoms with E-state index >= 15 is 0 Å². The van der Waals surface area contributed by atoms with Crippen LogP contribution in [0.25, 0.3) is 0 Å². The van der Waals surface area contributed by atoms with Crippen LogP contribution in [-0.2, 0) is 0 Å². The first-order chi connectivity index (χ1) is 5.35. The van der Waals surface area contributed by atoms with Crippen molar-refractivity contribution in [2.45, 2.75) is 0 Å². The summed E-state index contributed by atoms with van der Waals surface area (Å²) < 4.78 is 1.31. The van der Waals surface area contributed by atoms with Crippen LogP contribution in [0.1, 0.15) is 0 Å². The Balaban J connectivity index is 0.000000720. The minimum atomic E-state index is 0. The van der Waals surface area contributed by atoms with Gasteiger partial charge in [0.25, 0.3) is 0 Å². The molecule has 3 aliphatic heterocycles. The third-order valence-corrected chi connectivity index (χ3v) is 3.40. The molecule has 0 atom stereocenters. The number of nitrogens with zero attached hydrogens (tertiary/aromatic N) is 2. The third kappa shape index (κ3) is 1.87. The van der Waals surface area contributed by atoms with Crippen molar-refractivity contribution < 1.29 is 16.9 Å². The first-order valence-corrected chi connectivity index (χ1v) is 5.02. The van der Waals surface area contributed by atoms with E-state index in [-0.39, 0.29) is 12.4 Å². The molecule has 0 aromatic heterocycles. The second kappa shape index (κ2) is 4.14. The summed E-state index contributed by atoms with van der Waals surface area (Å²) >= 11 is 5.79. The quantitative estimate of drug-likeness (QED) is 0.357. The summed E-state index contributed by atoms with van der Waals surface area (Å²) in [5.41, 5.74) is 0. The van der Waals surface area contributed by atoms with Gasteiger partial charge in [0.2, 0.25) is 0 Å². The second-order valence-electron chi connectivity index (χ2n) is 3.77. The van der Waals surface area contributed by atoms with E-state index in [1.807, 2.05) is 0 Å². The fraction of sp³-hybridized carbons (Fsp3) is 1.00. The average molecular weight is 211 g/mol. The Kier molecular flexibility index (Phi) is 3.65. The summed E-state index contributed by atoms with van der Waals surface area (Å²) in [5, 5.41) is 0. The lowest BCUT2D eigenvalue weighted by molar-refractivity contribution is -0.938. The predicted octanol–water partition coefficient (Wildman–Crippen LogP) is -2.62. The number of rotatable bonds is 2. The van der Waals surface area contributed by atoms with E-state index in [0.29, 0.717) is 0 Å². The van der Waals surface area contributed by atoms with Gasteiger partial charge >= 0.3 is 0 Å². The number of halogens is 2. The van der Waals surface area contributed by atoms with E-state index < -0.39 is 0 Å². The third-order valence-electron chi connectivity index (χ3n) is 3.23. The molecule has 3 saturated heterocycles. The number of hydrogen-bond acceptors (Lipinski definition) is 1. The number of hydrogen-bond donors (Lipinski definition) is 0. The SMILES string of the molecule is ClCC[N+]12CCN(CC1)CC2.[Cl-]. The van der Waals surface area contributed by atoms with Crippen molar-refractivity contribution in [3.63, 3.8) is 0 Å². The van der Waals surface area contributed by atoms with Crippen molar-refractivity contribution in [2.75, 3.05) is 51.7 Å². The van der Waals surface area contributed by atoms with Crippen LogP contribution in [0.4, 0.5) is 0 Å². The molecule has 3 aliphatic rings. The van der Waals surface area contributed by atoms with Crippen molar-refractivity contribution in [2.24, 2.45) is 0 Å². The van der Waals surface area contributed by atoms with E-state index in [1.165, 1.54) is 50.3 Å². The lowest BCUT2D eigenvalue weighted by Gasteiger charge is -2.50. The maximum absolute atomic E-state index is 5.79. The van der Waals surface area contributed by atoms with Crippen molar-refractivity contribution in [1.82, 2.24) is 4.90 Å². The van der Waals surface area contributed by atoms with Gasteiger partial charge in [0, 0.05) is 19.6 Å². The molecule has 3 fully saturated rings. The summed E-state index contributed by atoms with van der Waals surface area (Å²) in [7, 11) is 0. The lowest BCUT2D eigenvalue weighted by Crippen LogP contribution is -3.00. The maximum atomic E-state index is 5.79. The van der Waals surface area contributed by atoms with Gasteiger partial charge in [-0.2, -0.15) is 0 Å². The van der Waals surface area contributed by atoms with Crippen molar-refractivity contribution in [3.8, 4) is 0 Å². The molecule has 0 spiro atoms. The smallest absolute Gasteiger partial charge is 0.0925 e. The van der Waals surface area contributed by atoms with E-state index in [2.05, 4.69) is 4.90 Å². The Morgan fingerprint density at radius 1 is 1.08 bits per heavy atom. The molecule has 0 N–H and O–H groups in total. The topological polar surface area (TPSA) is 3.24 Å². The molecular formula is C8H16Cl2N2. The number of alkyl halides is 1. The molecular weight excluding hydrogens is 195 g/mol. The minimum absolute atomic E-state index is 0. The highest BCUT2D eigenvalue weighted by atomic mass is 35.5. The van der Waals surface area contributed by atoms with Gasteiger partial charge in [0.15, 0.2) is 0 Å². The molecule has 2 nitrogen and oxygen atoms in total. The summed E-state index contributed by atoms with van der Waals surface area (Å²) in [4.78, 5) is 2.56.